The van der Waals surface area contributed by atoms with Crippen LogP contribution in [0.3, 0.4) is 0 Å². The first-order valence-electron chi connectivity index (χ1n) is 7.60. The molecule has 0 bridgehead atoms. The van der Waals surface area contributed by atoms with Crippen LogP contribution < -0.4 is 10.6 Å². The molecular weight excluding hydrogens is 284 g/mol. The zero-order chi connectivity index (χ0) is 15.7. The van der Waals surface area contributed by atoms with Gasteiger partial charge in [-0.2, -0.15) is 0 Å². The summed E-state index contributed by atoms with van der Waals surface area (Å²) >= 11 is 0. The molecule has 3 aromatic rings. The predicted octanol–water partition coefficient (Wildman–Crippen LogP) is 3.74. The van der Waals surface area contributed by atoms with Crippen molar-refractivity contribution >= 4 is 11.6 Å². The first-order valence-corrected chi connectivity index (χ1v) is 7.60. The van der Waals surface area contributed by atoms with E-state index in [1.165, 1.54) is 0 Å². The van der Waals surface area contributed by atoms with E-state index in [0.717, 1.165) is 16.8 Å². The van der Waals surface area contributed by atoms with E-state index < -0.39 is 5.66 Å². The Labute approximate surface area is 135 Å². The van der Waals surface area contributed by atoms with Crippen LogP contribution >= 0.6 is 0 Å². The van der Waals surface area contributed by atoms with Gasteiger partial charge in [-0.1, -0.05) is 72.8 Å². The fraction of sp³-hybridized carbons (Fsp3) is 0.0500. The van der Waals surface area contributed by atoms with Crippen molar-refractivity contribution in [1.29, 1.82) is 0 Å². The maximum Gasteiger partial charge on any atom is 0.255 e. The summed E-state index contributed by atoms with van der Waals surface area (Å²) in [5.74, 6) is -0.0768. The van der Waals surface area contributed by atoms with Gasteiger partial charge in [-0.15, -0.1) is 0 Å². The van der Waals surface area contributed by atoms with Gasteiger partial charge in [0.25, 0.3) is 5.91 Å². The number of anilines is 1. The third-order valence-corrected chi connectivity index (χ3v) is 4.21. The molecule has 0 saturated heterocycles. The molecule has 0 aliphatic carbocycles. The summed E-state index contributed by atoms with van der Waals surface area (Å²) in [4.78, 5) is 12.7. The number of hydrogen-bond donors (Lipinski definition) is 2. The lowest BCUT2D eigenvalue weighted by Gasteiger charge is -2.41. The Hall–Kier alpha value is -3.07. The van der Waals surface area contributed by atoms with Crippen LogP contribution in [0, 0.1) is 0 Å². The molecule has 112 valence electrons. The Morgan fingerprint density at radius 3 is 1.74 bits per heavy atom. The minimum atomic E-state index is -0.770. The van der Waals surface area contributed by atoms with Crippen LogP contribution in [0.2, 0.25) is 0 Å². The van der Waals surface area contributed by atoms with E-state index >= 15 is 0 Å². The minimum Gasteiger partial charge on any atom is -0.355 e. The molecule has 1 heterocycles. The third kappa shape index (κ3) is 2.18. The number of amides is 1. The van der Waals surface area contributed by atoms with E-state index in [4.69, 9.17) is 0 Å². The van der Waals surface area contributed by atoms with Crippen molar-refractivity contribution in [2.45, 2.75) is 5.66 Å². The summed E-state index contributed by atoms with van der Waals surface area (Å²) in [6.07, 6.45) is 0. The molecule has 3 nitrogen and oxygen atoms in total. The Bertz CT molecular complexity index is 804. The molecule has 0 radical (unpaired) electrons. The van der Waals surface area contributed by atoms with Crippen molar-refractivity contribution in [2.24, 2.45) is 0 Å². The SMILES string of the molecule is O=C1NC(c2ccccc2)(c2ccccc2)Nc2ccccc21. The summed E-state index contributed by atoms with van der Waals surface area (Å²) in [6, 6.07) is 27.5. The maximum atomic E-state index is 12.7. The van der Waals surface area contributed by atoms with Crippen LogP contribution in [0.15, 0.2) is 84.9 Å². The fourth-order valence-electron chi connectivity index (χ4n) is 3.09. The van der Waals surface area contributed by atoms with Crippen molar-refractivity contribution in [3.63, 3.8) is 0 Å². The smallest absolute Gasteiger partial charge is 0.255 e. The van der Waals surface area contributed by atoms with Crippen LogP contribution in [0.1, 0.15) is 21.5 Å². The molecule has 0 fully saturated rings. The third-order valence-electron chi connectivity index (χ3n) is 4.21. The molecule has 0 aromatic heterocycles. The molecule has 0 spiro atoms. The summed E-state index contributed by atoms with van der Waals surface area (Å²) in [5.41, 5.74) is 2.72. The molecule has 0 atom stereocenters. The van der Waals surface area contributed by atoms with E-state index in [-0.39, 0.29) is 5.91 Å². The lowest BCUT2D eigenvalue weighted by molar-refractivity contribution is 0.0913. The lowest BCUT2D eigenvalue weighted by atomic mass is 9.88. The molecule has 1 aliphatic rings. The molecule has 3 aromatic carbocycles. The maximum absolute atomic E-state index is 12.7. The molecule has 1 amide bonds. The molecule has 2 N–H and O–H groups in total. The largest absolute Gasteiger partial charge is 0.355 e. The van der Waals surface area contributed by atoms with Crippen LogP contribution in [0.4, 0.5) is 5.69 Å². The average Bonchev–Trinajstić information content (AvgIpc) is 2.63. The first-order chi connectivity index (χ1) is 11.3. The van der Waals surface area contributed by atoms with Gasteiger partial charge in [-0.3, -0.25) is 4.79 Å². The number of carbonyl (C=O) groups is 1. The Morgan fingerprint density at radius 2 is 1.13 bits per heavy atom. The first kappa shape index (κ1) is 13.6. The number of fused-ring (bicyclic) bond motifs is 1. The second-order valence-electron chi connectivity index (χ2n) is 5.61. The summed E-state index contributed by atoms with van der Waals surface area (Å²) in [7, 11) is 0. The number of para-hydroxylation sites is 1. The van der Waals surface area contributed by atoms with Crippen molar-refractivity contribution in [3.05, 3.63) is 102 Å². The van der Waals surface area contributed by atoms with Gasteiger partial charge >= 0.3 is 0 Å². The molecule has 3 heteroatoms. The van der Waals surface area contributed by atoms with Crippen LogP contribution in [0.5, 0.6) is 0 Å². The Balaban J connectivity index is 1.94. The number of hydrogen-bond acceptors (Lipinski definition) is 2. The Morgan fingerprint density at radius 1 is 0.609 bits per heavy atom. The van der Waals surface area contributed by atoms with E-state index in [9.17, 15) is 4.79 Å². The van der Waals surface area contributed by atoms with Crippen molar-refractivity contribution in [3.8, 4) is 0 Å². The second kappa shape index (κ2) is 5.29. The number of rotatable bonds is 2. The van der Waals surface area contributed by atoms with Crippen LogP contribution in [-0.2, 0) is 5.66 Å². The van der Waals surface area contributed by atoms with Gasteiger partial charge in [-0.05, 0) is 12.1 Å². The minimum absolute atomic E-state index is 0.0768. The normalized spacial score (nSPS) is 15.2. The number of benzene rings is 3. The Kier molecular flexibility index (Phi) is 3.12. The molecule has 0 saturated carbocycles. The quantitative estimate of drug-likeness (QED) is 0.757. The lowest BCUT2D eigenvalue weighted by Crippen LogP contribution is -2.55. The van der Waals surface area contributed by atoms with Gasteiger partial charge < -0.3 is 10.6 Å². The van der Waals surface area contributed by atoms with Gasteiger partial charge in [-0.25, -0.2) is 0 Å². The number of nitrogens with one attached hydrogen (secondary N) is 2. The van der Waals surface area contributed by atoms with Crippen molar-refractivity contribution in [2.75, 3.05) is 5.32 Å². The predicted molar refractivity (Wildman–Crippen MR) is 91.2 cm³/mol. The van der Waals surface area contributed by atoms with Crippen LogP contribution in [-0.4, -0.2) is 5.91 Å². The van der Waals surface area contributed by atoms with Crippen LogP contribution in [0.25, 0.3) is 0 Å². The molecule has 4 rings (SSSR count). The zero-order valence-electron chi connectivity index (χ0n) is 12.5. The van der Waals surface area contributed by atoms with Gasteiger partial charge in [0.05, 0.1) is 5.56 Å². The average molecular weight is 300 g/mol. The molecular formula is C20H16N2O. The van der Waals surface area contributed by atoms with Gasteiger partial charge in [0.15, 0.2) is 5.66 Å². The monoisotopic (exact) mass is 300 g/mol. The highest BCUT2D eigenvalue weighted by molar-refractivity contribution is 6.02. The molecule has 1 aliphatic heterocycles. The topological polar surface area (TPSA) is 41.1 Å². The van der Waals surface area contributed by atoms with Crippen molar-refractivity contribution < 1.29 is 4.79 Å². The van der Waals surface area contributed by atoms with E-state index in [1.54, 1.807) is 0 Å². The fourth-order valence-corrected chi connectivity index (χ4v) is 3.09. The summed E-state index contributed by atoms with van der Waals surface area (Å²) in [5, 5.41) is 6.71. The molecule has 23 heavy (non-hydrogen) atoms. The molecule has 0 unspecified atom stereocenters. The highest BCUT2D eigenvalue weighted by atomic mass is 16.2. The highest BCUT2D eigenvalue weighted by Gasteiger charge is 2.40. The second-order valence-corrected chi connectivity index (χ2v) is 5.61. The van der Waals surface area contributed by atoms with Gasteiger partial charge in [0, 0.05) is 16.8 Å². The summed E-state index contributed by atoms with van der Waals surface area (Å²) in [6.45, 7) is 0. The van der Waals surface area contributed by atoms with Gasteiger partial charge in [0.1, 0.15) is 0 Å². The standard InChI is InChI=1S/C20H16N2O/c23-19-17-13-7-8-14-18(17)21-20(22-19,15-9-3-1-4-10-15)16-11-5-2-6-12-16/h1-14,21H,(H,22,23). The van der Waals surface area contributed by atoms with E-state index in [2.05, 4.69) is 10.6 Å². The van der Waals surface area contributed by atoms with Gasteiger partial charge in [0.2, 0.25) is 0 Å². The summed E-state index contributed by atoms with van der Waals surface area (Å²) < 4.78 is 0. The van der Waals surface area contributed by atoms with E-state index in [0.29, 0.717) is 5.56 Å². The number of carbonyl (C=O) groups excluding carboxylic acids is 1. The highest BCUT2D eigenvalue weighted by Crippen LogP contribution is 2.36. The zero-order valence-corrected chi connectivity index (χ0v) is 12.5. The van der Waals surface area contributed by atoms with Crippen molar-refractivity contribution in [1.82, 2.24) is 5.32 Å². The van der Waals surface area contributed by atoms with E-state index in [1.807, 2.05) is 84.9 Å².